The third kappa shape index (κ3) is 2.83. The number of aromatic nitrogens is 1. The maximum absolute atomic E-state index is 12.6. The van der Waals surface area contributed by atoms with Crippen molar-refractivity contribution in [2.24, 2.45) is 0 Å². The normalized spacial score (nSPS) is 11.5. The second-order valence-corrected chi connectivity index (χ2v) is 2.75. The molecule has 1 aromatic rings. The maximum Gasteiger partial charge on any atom is 0.574 e. The van der Waals surface area contributed by atoms with Gasteiger partial charge in [0.1, 0.15) is 10.3 Å². The van der Waals surface area contributed by atoms with Crippen LogP contribution in [0.4, 0.5) is 17.6 Å². The van der Waals surface area contributed by atoms with E-state index in [1.807, 2.05) is 0 Å². The van der Waals surface area contributed by atoms with Gasteiger partial charge in [0, 0.05) is 6.20 Å². The van der Waals surface area contributed by atoms with Gasteiger partial charge in [-0.2, -0.15) is 0 Å². The van der Waals surface area contributed by atoms with E-state index < -0.39 is 22.5 Å². The Balaban J connectivity index is 2.96. The number of nitrogens with zero attached hydrogens (tertiary/aromatic N) is 1. The quantitative estimate of drug-likeness (QED) is 0.724. The summed E-state index contributed by atoms with van der Waals surface area (Å²) in [6, 6.07) is 0.910. The van der Waals surface area contributed by atoms with Crippen LogP contribution in [0.1, 0.15) is 0 Å². The van der Waals surface area contributed by atoms with Crippen LogP contribution in [0, 0.1) is 5.82 Å². The predicted molar refractivity (Wildman–Crippen MR) is 38.6 cm³/mol. The molecule has 72 valence electrons. The molecule has 0 saturated heterocycles. The molecule has 0 unspecified atom stereocenters. The van der Waals surface area contributed by atoms with Crippen LogP contribution in [-0.4, -0.2) is 11.3 Å². The Labute approximate surface area is 78.7 Å². The van der Waals surface area contributed by atoms with Gasteiger partial charge in [-0.1, -0.05) is 0 Å². The Morgan fingerprint density at radius 1 is 1.38 bits per heavy atom. The number of halogens is 5. The fourth-order valence-corrected chi connectivity index (χ4v) is 0.899. The summed E-state index contributed by atoms with van der Waals surface area (Å²) in [5.41, 5.74) is 0. The lowest BCUT2D eigenvalue weighted by atomic mass is 10.5. The first-order valence-electron chi connectivity index (χ1n) is 2.96. The number of hydrogen-bond donors (Lipinski definition) is 0. The summed E-state index contributed by atoms with van der Waals surface area (Å²) in [6.07, 6.45) is -4.00. The number of pyridine rings is 1. The number of alkyl halides is 3. The highest BCUT2D eigenvalue weighted by Crippen LogP contribution is 2.29. The minimum atomic E-state index is -4.87. The van der Waals surface area contributed by atoms with Crippen LogP contribution < -0.4 is 4.74 Å². The van der Waals surface area contributed by atoms with E-state index in [0.29, 0.717) is 0 Å². The molecule has 0 bridgehead atoms. The maximum atomic E-state index is 12.6. The summed E-state index contributed by atoms with van der Waals surface area (Å²) in [5, 5.41) is 0. The zero-order valence-corrected chi connectivity index (χ0v) is 7.49. The molecule has 0 spiro atoms. The van der Waals surface area contributed by atoms with Crippen molar-refractivity contribution in [2.75, 3.05) is 0 Å². The van der Waals surface area contributed by atoms with Crippen LogP contribution in [0.15, 0.2) is 16.7 Å². The zero-order chi connectivity index (χ0) is 10.1. The van der Waals surface area contributed by atoms with Gasteiger partial charge in [0.25, 0.3) is 0 Å². The highest BCUT2D eigenvalue weighted by atomic mass is 79.9. The van der Waals surface area contributed by atoms with Crippen molar-refractivity contribution in [3.8, 4) is 5.88 Å². The molecule has 13 heavy (non-hydrogen) atoms. The highest BCUT2D eigenvalue weighted by molar-refractivity contribution is 9.10. The van der Waals surface area contributed by atoms with Gasteiger partial charge in [-0.05, 0) is 22.0 Å². The van der Waals surface area contributed by atoms with E-state index in [1.54, 1.807) is 0 Å². The fraction of sp³-hybridized carbons (Fsp3) is 0.167. The van der Waals surface area contributed by atoms with Crippen LogP contribution in [0.5, 0.6) is 5.88 Å². The van der Waals surface area contributed by atoms with Crippen molar-refractivity contribution in [1.29, 1.82) is 0 Å². The summed E-state index contributed by atoms with van der Waals surface area (Å²) >= 11 is 2.57. The molecule has 0 aliphatic carbocycles. The lowest BCUT2D eigenvalue weighted by Gasteiger charge is -2.08. The Morgan fingerprint density at radius 3 is 2.54 bits per heavy atom. The lowest BCUT2D eigenvalue weighted by Crippen LogP contribution is -2.18. The van der Waals surface area contributed by atoms with E-state index in [4.69, 9.17) is 0 Å². The molecule has 1 rings (SSSR count). The van der Waals surface area contributed by atoms with Crippen molar-refractivity contribution in [3.63, 3.8) is 0 Å². The van der Waals surface area contributed by atoms with Crippen molar-refractivity contribution >= 4 is 15.9 Å². The molecule has 0 N–H and O–H groups in total. The summed E-state index contributed by atoms with van der Waals surface area (Å²) in [4.78, 5) is 3.20. The van der Waals surface area contributed by atoms with E-state index in [9.17, 15) is 17.6 Å². The second kappa shape index (κ2) is 3.49. The van der Waals surface area contributed by atoms with Gasteiger partial charge in [-0.25, -0.2) is 9.37 Å². The first kappa shape index (κ1) is 10.2. The first-order valence-corrected chi connectivity index (χ1v) is 3.75. The first-order chi connectivity index (χ1) is 5.90. The average molecular weight is 260 g/mol. The van der Waals surface area contributed by atoms with Gasteiger partial charge in [-0.3, -0.25) is 0 Å². The fourth-order valence-electron chi connectivity index (χ4n) is 0.583. The van der Waals surface area contributed by atoms with Gasteiger partial charge in [0.05, 0.1) is 0 Å². The molecular weight excluding hydrogens is 258 g/mol. The lowest BCUT2D eigenvalue weighted by molar-refractivity contribution is -0.276. The molecule has 0 aliphatic rings. The predicted octanol–water partition coefficient (Wildman–Crippen LogP) is 2.88. The van der Waals surface area contributed by atoms with Crippen molar-refractivity contribution in [3.05, 3.63) is 22.6 Å². The molecule has 7 heteroatoms. The molecule has 0 amide bonds. The minimum absolute atomic E-state index is 0.452. The third-order valence-corrected chi connectivity index (χ3v) is 1.74. The molecule has 0 fully saturated rings. The minimum Gasteiger partial charge on any atom is -0.387 e. The SMILES string of the molecule is Fc1ccnc(OC(F)(F)F)c1Br. The number of ether oxygens (including phenoxy) is 1. The number of rotatable bonds is 1. The van der Waals surface area contributed by atoms with Crippen LogP contribution in [-0.2, 0) is 0 Å². The Bertz CT molecular complexity index is 314. The van der Waals surface area contributed by atoms with Crippen LogP contribution in [0.3, 0.4) is 0 Å². The summed E-state index contributed by atoms with van der Waals surface area (Å²) in [5.74, 6) is -1.71. The van der Waals surface area contributed by atoms with Gasteiger partial charge in [0.15, 0.2) is 0 Å². The molecule has 0 saturated carbocycles. The van der Waals surface area contributed by atoms with Crippen LogP contribution in [0.2, 0.25) is 0 Å². The van der Waals surface area contributed by atoms with Gasteiger partial charge < -0.3 is 4.74 Å². The molecule has 0 radical (unpaired) electrons. The molecule has 2 nitrogen and oxygen atoms in total. The van der Waals surface area contributed by atoms with Gasteiger partial charge >= 0.3 is 6.36 Å². The molecule has 0 aromatic carbocycles. The number of hydrogen-bond acceptors (Lipinski definition) is 2. The summed E-state index contributed by atoms with van der Waals surface area (Å²) in [6.45, 7) is 0. The molecule has 0 atom stereocenters. The molecule has 0 aliphatic heterocycles. The van der Waals surface area contributed by atoms with Crippen LogP contribution in [0.25, 0.3) is 0 Å². The topological polar surface area (TPSA) is 22.1 Å². The van der Waals surface area contributed by atoms with Crippen molar-refractivity contribution in [2.45, 2.75) is 6.36 Å². The Hall–Kier alpha value is -0.850. The van der Waals surface area contributed by atoms with E-state index in [2.05, 4.69) is 25.7 Å². The van der Waals surface area contributed by atoms with Crippen molar-refractivity contribution in [1.82, 2.24) is 4.98 Å². The molecule has 1 aromatic heterocycles. The smallest absolute Gasteiger partial charge is 0.387 e. The van der Waals surface area contributed by atoms with Gasteiger partial charge in [-0.15, -0.1) is 13.2 Å². The summed E-state index contributed by atoms with van der Waals surface area (Å²) < 4.78 is 50.5. The Kier molecular flexibility index (Phi) is 2.74. The zero-order valence-electron chi connectivity index (χ0n) is 5.90. The second-order valence-electron chi connectivity index (χ2n) is 1.96. The third-order valence-electron chi connectivity index (χ3n) is 1.02. The average Bonchev–Trinajstić information content (AvgIpc) is 1.96. The largest absolute Gasteiger partial charge is 0.574 e. The standard InChI is InChI=1S/C6H2BrF4NO/c7-4-3(8)1-2-12-5(4)13-6(9,10)11/h1-2H. The van der Waals surface area contributed by atoms with E-state index >= 15 is 0 Å². The highest BCUT2D eigenvalue weighted by Gasteiger charge is 2.33. The monoisotopic (exact) mass is 259 g/mol. The van der Waals surface area contributed by atoms with E-state index in [0.717, 1.165) is 12.3 Å². The van der Waals surface area contributed by atoms with Crippen LogP contribution >= 0.6 is 15.9 Å². The Morgan fingerprint density at radius 2 is 2.00 bits per heavy atom. The molecular formula is C6H2BrF4NO. The summed E-state index contributed by atoms with van der Waals surface area (Å²) in [7, 11) is 0. The van der Waals surface area contributed by atoms with E-state index in [1.165, 1.54) is 0 Å². The van der Waals surface area contributed by atoms with E-state index in [-0.39, 0.29) is 0 Å². The molecule has 1 heterocycles. The van der Waals surface area contributed by atoms with Gasteiger partial charge in [0.2, 0.25) is 5.88 Å². The van der Waals surface area contributed by atoms with Crippen molar-refractivity contribution < 1.29 is 22.3 Å².